The molecular weight excluding hydrogens is 396 g/mol. The lowest BCUT2D eigenvalue weighted by atomic mass is 10.2. The Bertz CT molecular complexity index is 975. The SMILES string of the molecule is CCC(C=CNOC)n1cc(-c2ncnc3c2ccn3COCC[Si](C)(C)C)cn1. The fourth-order valence-corrected chi connectivity index (χ4v) is 3.91. The summed E-state index contributed by atoms with van der Waals surface area (Å²) in [6.07, 6.45) is 12.2. The maximum atomic E-state index is 5.90. The number of rotatable bonds is 11. The highest BCUT2D eigenvalue weighted by Crippen LogP contribution is 2.27. The van der Waals surface area contributed by atoms with Gasteiger partial charge in [0.25, 0.3) is 0 Å². The molecule has 0 amide bonds. The van der Waals surface area contributed by atoms with E-state index in [0.29, 0.717) is 6.73 Å². The van der Waals surface area contributed by atoms with E-state index in [1.54, 1.807) is 19.6 Å². The standard InChI is InChI=1S/C21H32N6O2Si/c1-6-18(7-9-25-28-2)27-14-17(13-24-27)20-19-8-10-26(21(19)23-15-22-20)16-29-11-12-30(3,4)5/h7-10,13-15,18,25H,6,11-12,16H2,1-5H3. The monoisotopic (exact) mass is 428 g/mol. The molecule has 0 aliphatic carbocycles. The van der Waals surface area contributed by atoms with Gasteiger partial charge in [-0.3, -0.25) is 15.0 Å². The summed E-state index contributed by atoms with van der Waals surface area (Å²) < 4.78 is 9.87. The first-order valence-electron chi connectivity index (χ1n) is 10.3. The van der Waals surface area contributed by atoms with Gasteiger partial charge in [-0.2, -0.15) is 5.10 Å². The van der Waals surface area contributed by atoms with Crippen molar-refractivity contribution in [3.05, 3.63) is 43.3 Å². The highest BCUT2D eigenvalue weighted by Gasteiger charge is 2.15. The molecule has 1 atom stereocenters. The Morgan fingerprint density at radius 1 is 1.27 bits per heavy atom. The van der Waals surface area contributed by atoms with Crippen LogP contribution in [0.5, 0.6) is 0 Å². The molecule has 1 N–H and O–H groups in total. The van der Waals surface area contributed by atoms with E-state index in [1.165, 1.54) is 0 Å². The lowest BCUT2D eigenvalue weighted by molar-refractivity contribution is 0.0899. The summed E-state index contributed by atoms with van der Waals surface area (Å²) in [5.74, 6) is 0. The predicted molar refractivity (Wildman–Crippen MR) is 121 cm³/mol. The van der Waals surface area contributed by atoms with Gasteiger partial charge >= 0.3 is 0 Å². The van der Waals surface area contributed by atoms with Crippen LogP contribution in [0.2, 0.25) is 25.7 Å². The fourth-order valence-electron chi connectivity index (χ4n) is 3.15. The number of fused-ring (bicyclic) bond motifs is 1. The summed E-state index contributed by atoms with van der Waals surface area (Å²) in [4.78, 5) is 13.9. The van der Waals surface area contributed by atoms with Crippen LogP contribution in [-0.4, -0.2) is 46.1 Å². The molecule has 3 heterocycles. The van der Waals surface area contributed by atoms with E-state index >= 15 is 0 Å². The third-order valence-electron chi connectivity index (χ3n) is 4.92. The Morgan fingerprint density at radius 3 is 2.83 bits per heavy atom. The molecule has 0 saturated heterocycles. The number of nitrogens with one attached hydrogen (secondary N) is 1. The van der Waals surface area contributed by atoms with E-state index in [9.17, 15) is 0 Å². The van der Waals surface area contributed by atoms with Gasteiger partial charge in [-0.05, 0) is 24.6 Å². The van der Waals surface area contributed by atoms with Gasteiger partial charge in [-0.1, -0.05) is 26.6 Å². The van der Waals surface area contributed by atoms with Gasteiger partial charge in [0, 0.05) is 44.2 Å². The van der Waals surface area contributed by atoms with Gasteiger partial charge in [0.15, 0.2) is 0 Å². The van der Waals surface area contributed by atoms with Crippen molar-refractivity contribution >= 4 is 19.1 Å². The van der Waals surface area contributed by atoms with Crippen molar-refractivity contribution in [3.63, 3.8) is 0 Å². The first-order valence-corrected chi connectivity index (χ1v) is 14.0. The summed E-state index contributed by atoms with van der Waals surface area (Å²) in [5.41, 5.74) is 5.43. The van der Waals surface area contributed by atoms with Gasteiger partial charge in [0.05, 0.1) is 25.0 Å². The van der Waals surface area contributed by atoms with Crippen LogP contribution in [0, 0.1) is 0 Å². The number of allylic oxidation sites excluding steroid dienone is 1. The van der Waals surface area contributed by atoms with Crippen molar-refractivity contribution in [1.82, 2.24) is 29.8 Å². The molecule has 1 unspecified atom stereocenters. The molecule has 9 heteroatoms. The van der Waals surface area contributed by atoms with Crippen LogP contribution in [0.3, 0.4) is 0 Å². The number of hydrogen-bond donors (Lipinski definition) is 1. The van der Waals surface area contributed by atoms with Crippen molar-refractivity contribution in [2.24, 2.45) is 0 Å². The molecule has 0 fully saturated rings. The molecule has 0 saturated carbocycles. The van der Waals surface area contributed by atoms with Gasteiger partial charge in [-0.25, -0.2) is 9.97 Å². The summed E-state index contributed by atoms with van der Waals surface area (Å²) in [5, 5.41) is 5.54. The Balaban J connectivity index is 1.77. The molecule has 3 aromatic heterocycles. The molecular formula is C21H32N6O2Si. The summed E-state index contributed by atoms with van der Waals surface area (Å²) >= 11 is 0. The zero-order chi connectivity index (χ0) is 21.6. The summed E-state index contributed by atoms with van der Waals surface area (Å²) in [6.45, 7) is 10.5. The number of hydroxylamine groups is 1. The quantitative estimate of drug-likeness (QED) is 0.280. The van der Waals surface area contributed by atoms with Crippen molar-refractivity contribution in [2.75, 3.05) is 13.7 Å². The van der Waals surface area contributed by atoms with Crippen LogP contribution in [0.15, 0.2) is 43.3 Å². The van der Waals surface area contributed by atoms with Gasteiger partial charge in [-0.15, -0.1) is 0 Å². The normalized spacial score (nSPS) is 13.4. The lowest BCUT2D eigenvalue weighted by Crippen LogP contribution is -2.22. The molecule has 0 radical (unpaired) electrons. The minimum absolute atomic E-state index is 0.128. The first kappa shape index (κ1) is 22.2. The molecule has 0 spiro atoms. The zero-order valence-corrected chi connectivity index (χ0v) is 19.5. The number of aromatic nitrogens is 5. The zero-order valence-electron chi connectivity index (χ0n) is 18.5. The van der Waals surface area contributed by atoms with E-state index in [1.807, 2.05) is 40.0 Å². The van der Waals surface area contributed by atoms with Gasteiger partial charge in [0.2, 0.25) is 0 Å². The van der Waals surface area contributed by atoms with Crippen molar-refractivity contribution in [3.8, 4) is 11.3 Å². The van der Waals surface area contributed by atoms with Crippen LogP contribution >= 0.6 is 0 Å². The maximum Gasteiger partial charge on any atom is 0.145 e. The van der Waals surface area contributed by atoms with Gasteiger partial charge < -0.3 is 9.30 Å². The Morgan fingerprint density at radius 2 is 2.10 bits per heavy atom. The highest BCUT2D eigenvalue weighted by atomic mass is 28.3. The Labute approximate surface area is 178 Å². The number of ether oxygens (including phenoxy) is 1. The second kappa shape index (κ2) is 10.0. The predicted octanol–water partition coefficient (Wildman–Crippen LogP) is 4.22. The topological polar surface area (TPSA) is 79.0 Å². The Hall–Kier alpha value is -2.49. The van der Waals surface area contributed by atoms with Crippen LogP contribution < -0.4 is 5.48 Å². The molecule has 3 rings (SSSR count). The summed E-state index contributed by atoms with van der Waals surface area (Å²) in [6, 6.07) is 3.32. The molecule has 8 nitrogen and oxygen atoms in total. The average molecular weight is 429 g/mol. The molecule has 30 heavy (non-hydrogen) atoms. The summed E-state index contributed by atoms with van der Waals surface area (Å²) in [7, 11) is 0.492. The molecule has 0 aliphatic rings. The second-order valence-corrected chi connectivity index (χ2v) is 14.1. The molecule has 0 bridgehead atoms. The first-order chi connectivity index (χ1) is 14.4. The smallest absolute Gasteiger partial charge is 0.145 e. The largest absolute Gasteiger partial charge is 0.361 e. The third kappa shape index (κ3) is 5.56. The third-order valence-corrected chi connectivity index (χ3v) is 6.62. The maximum absolute atomic E-state index is 5.90. The molecule has 162 valence electrons. The molecule has 0 aromatic carbocycles. The van der Waals surface area contributed by atoms with E-state index in [-0.39, 0.29) is 6.04 Å². The van der Waals surface area contributed by atoms with E-state index in [0.717, 1.165) is 41.4 Å². The van der Waals surface area contributed by atoms with E-state index < -0.39 is 8.07 Å². The molecule has 0 aliphatic heterocycles. The minimum atomic E-state index is -1.09. The minimum Gasteiger partial charge on any atom is -0.361 e. The van der Waals surface area contributed by atoms with Crippen molar-refractivity contribution in [1.29, 1.82) is 0 Å². The van der Waals surface area contributed by atoms with Gasteiger partial charge in [0.1, 0.15) is 18.7 Å². The van der Waals surface area contributed by atoms with Crippen LogP contribution in [-0.2, 0) is 16.3 Å². The second-order valence-electron chi connectivity index (χ2n) is 8.46. The molecule has 3 aromatic rings. The Kier molecular flexibility index (Phi) is 7.41. The van der Waals surface area contributed by atoms with E-state index in [2.05, 4.69) is 47.1 Å². The van der Waals surface area contributed by atoms with Crippen LogP contribution in [0.25, 0.3) is 22.3 Å². The highest BCUT2D eigenvalue weighted by molar-refractivity contribution is 6.76. The van der Waals surface area contributed by atoms with Crippen molar-refractivity contribution in [2.45, 2.75) is 51.8 Å². The number of nitrogens with zero attached hydrogens (tertiary/aromatic N) is 5. The number of hydrogen-bond acceptors (Lipinski definition) is 6. The van der Waals surface area contributed by atoms with Crippen LogP contribution in [0.4, 0.5) is 0 Å². The fraction of sp³-hybridized carbons (Fsp3) is 0.476. The van der Waals surface area contributed by atoms with Crippen molar-refractivity contribution < 1.29 is 9.57 Å². The van der Waals surface area contributed by atoms with E-state index in [4.69, 9.17) is 9.57 Å². The average Bonchev–Trinajstić information content (AvgIpc) is 3.35. The lowest BCUT2D eigenvalue weighted by Gasteiger charge is -2.15. The van der Waals surface area contributed by atoms with Crippen LogP contribution in [0.1, 0.15) is 19.4 Å².